The molecule has 0 saturated carbocycles. The van der Waals surface area contributed by atoms with Crippen molar-refractivity contribution < 1.29 is 38.4 Å². The SMILES string of the molecule is COc1cc(OC)c(/C=C/C(=O)Nc2ccc(OC)c(NC(=O)CC(=O)O)c2)c(OC)c1. The highest BCUT2D eigenvalue weighted by Crippen LogP contribution is 2.35. The molecule has 0 heterocycles. The third kappa shape index (κ3) is 6.39. The van der Waals surface area contributed by atoms with E-state index in [0.717, 1.165) is 0 Å². The third-order valence-electron chi connectivity index (χ3n) is 4.21. The number of methoxy groups -OCH3 is 4. The smallest absolute Gasteiger partial charge is 0.312 e. The minimum absolute atomic E-state index is 0.221. The largest absolute Gasteiger partial charge is 0.496 e. The topological polar surface area (TPSA) is 132 Å². The lowest BCUT2D eigenvalue weighted by molar-refractivity contribution is -0.139. The average molecular weight is 444 g/mol. The maximum atomic E-state index is 12.4. The first kappa shape index (κ1) is 24.1. The van der Waals surface area contributed by atoms with E-state index in [-0.39, 0.29) is 5.69 Å². The summed E-state index contributed by atoms with van der Waals surface area (Å²) in [4.78, 5) is 34.9. The number of amides is 2. The number of aliphatic carboxylic acids is 1. The lowest BCUT2D eigenvalue weighted by Gasteiger charge is -2.13. The summed E-state index contributed by atoms with van der Waals surface area (Å²) in [5.41, 5.74) is 1.13. The van der Waals surface area contributed by atoms with Gasteiger partial charge in [0.1, 0.15) is 29.4 Å². The highest BCUT2D eigenvalue weighted by atomic mass is 16.5. The van der Waals surface area contributed by atoms with Crippen molar-refractivity contribution in [1.29, 1.82) is 0 Å². The Balaban J connectivity index is 2.21. The first-order valence-corrected chi connectivity index (χ1v) is 9.30. The Labute approximate surface area is 184 Å². The van der Waals surface area contributed by atoms with Gasteiger partial charge in [0.15, 0.2) is 0 Å². The van der Waals surface area contributed by atoms with E-state index in [2.05, 4.69) is 10.6 Å². The number of rotatable bonds is 10. The van der Waals surface area contributed by atoms with Crippen LogP contribution < -0.4 is 29.6 Å². The molecule has 0 unspecified atom stereocenters. The Morgan fingerprint density at radius 3 is 2.03 bits per heavy atom. The van der Waals surface area contributed by atoms with Crippen molar-refractivity contribution in [2.75, 3.05) is 39.1 Å². The van der Waals surface area contributed by atoms with Crippen LogP contribution in [0.3, 0.4) is 0 Å². The zero-order valence-corrected chi connectivity index (χ0v) is 18.1. The molecule has 0 aliphatic rings. The van der Waals surface area contributed by atoms with Gasteiger partial charge in [-0.3, -0.25) is 14.4 Å². The molecule has 170 valence electrons. The molecule has 0 saturated heterocycles. The molecule has 32 heavy (non-hydrogen) atoms. The van der Waals surface area contributed by atoms with Crippen LogP contribution in [-0.2, 0) is 14.4 Å². The van der Waals surface area contributed by atoms with Gasteiger partial charge >= 0.3 is 5.97 Å². The minimum atomic E-state index is -1.26. The van der Waals surface area contributed by atoms with E-state index in [1.807, 2.05) is 0 Å². The second kappa shape index (κ2) is 11.3. The molecule has 0 aliphatic carbocycles. The normalized spacial score (nSPS) is 10.4. The molecule has 2 amide bonds. The van der Waals surface area contributed by atoms with Crippen molar-refractivity contribution in [2.24, 2.45) is 0 Å². The molecule has 0 atom stereocenters. The summed E-state index contributed by atoms with van der Waals surface area (Å²) in [5.74, 6) is -0.687. The number of nitrogens with one attached hydrogen (secondary N) is 2. The monoisotopic (exact) mass is 444 g/mol. The van der Waals surface area contributed by atoms with Gasteiger partial charge in [0, 0.05) is 23.9 Å². The van der Waals surface area contributed by atoms with Crippen LogP contribution in [0.5, 0.6) is 23.0 Å². The maximum Gasteiger partial charge on any atom is 0.312 e. The van der Waals surface area contributed by atoms with Crippen LogP contribution in [0.2, 0.25) is 0 Å². The molecule has 2 aromatic rings. The molecular weight excluding hydrogens is 420 g/mol. The van der Waals surface area contributed by atoms with E-state index in [1.165, 1.54) is 52.7 Å². The number of carbonyl (C=O) groups is 3. The molecular formula is C22H24N2O8. The molecule has 2 aromatic carbocycles. The number of carbonyl (C=O) groups excluding carboxylic acids is 2. The number of carboxylic acid groups (broad SMARTS) is 1. The van der Waals surface area contributed by atoms with E-state index < -0.39 is 24.2 Å². The summed E-state index contributed by atoms with van der Waals surface area (Å²) in [7, 11) is 5.90. The molecule has 0 aromatic heterocycles. The zero-order valence-electron chi connectivity index (χ0n) is 18.1. The van der Waals surface area contributed by atoms with Crippen LogP contribution in [-0.4, -0.2) is 51.3 Å². The summed E-state index contributed by atoms with van der Waals surface area (Å²) < 4.78 is 21.1. The van der Waals surface area contributed by atoms with E-state index >= 15 is 0 Å². The van der Waals surface area contributed by atoms with Gasteiger partial charge in [-0.2, -0.15) is 0 Å². The Bertz CT molecular complexity index is 1010. The second-order valence-electron chi connectivity index (χ2n) is 6.30. The summed E-state index contributed by atoms with van der Waals surface area (Å²) in [6.07, 6.45) is 2.12. The van der Waals surface area contributed by atoms with Gasteiger partial charge in [0.25, 0.3) is 0 Å². The molecule has 2 rings (SSSR count). The first-order valence-electron chi connectivity index (χ1n) is 9.30. The molecule has 3 N–H and O–H groups in total. The fourth-order valence-electron chi connectivity index (χ4n) is 2.76. The minimum Gasteiger partial charge on any atom is -0.496 e. The van der Waals surface area contributed by atoms with E-state index in [4.69, 9.17) is 24.1 Å². The highest BCUT2D eigenvalue weighted by molar-refractivity contribution is 6.04. The van der Waals surface area contributed by atoms with Crippen molar-refractivity contribution in [3.8, 4) is 23.0 Å². The van der Waals surface area contributed by atoms with Gasteiger partial charge in [0.05, 0.1) is 39.7 Å². The van der Waals surface area contributed by atoms with Crippen molar-refractivity contribution in [3.05, 3.63) is 42.0 Å². The molecule has 0 radical (unpaired) electrons. The molecule has 0 spiro atoms. The van der Waals surface area contributed by atoms with Crippen molar-refractivity contribution in [1.82, 2.24) is 0 Å². The van der Waals surface area contributed by atoms with E-state index in [1.54, 1.807) is 18.2 Å². The van der Waals surface area contributed by atoms with Gasteiger partial charge in [-0.05, 0) is 24.3 Å². The standard InChI is InChI=1S/C22H24N2O8/c1-29-14-10-18(31-3)15(19(11-14)32-4)6-8-20(25)23-13-5-7-17(30-2)16(9-13)24-21(26)12-22(27)28/h5-11H,12H2,1-4H3,(H,23,25)(H,24,26)(H,27,28)/b8-6+. The molecule has 0 bridgehead atoms. The van der Waals surface area contributed by atoms with E-state index in [9.17, 15) is 14.4 Å². The van der Waals surface area contributed by atoms with Gasteiger partial charge in [0.2, 0.25) is 11.8 Å². The number of hydrogen-bond donors (Lipinski definition) is 3. The summed E-state index contributed by atoms with van der Waals surface area (Å²) >= 11 is 0. The Kier molecular flexibility index (Phi) is 8.46. The summed E-state index contributed by atoms with van der Waals surface area (Å²) in [6, 6.07) is 7.89. The van der Waals surface area contributed by atoms with Crippen LogP contribution in [0, 0.1) is 0 Å². The summed E-state index contributed by atoms with van der Waals surface area (Å²) in [5, 5.41) is 13.8. The van der Waals surface area contributed by atoms with Crippen molar-refractivity contribution >= 4 is 35.2 Å². The van der Waals surface area contributed by atoms with Crippen LogP contribution in [0.25, 0.3) is 6.08 Å². The Morgan fingerprint density at radius 2 is 1.50 bits per heavy atom. The third-order valence-corrected chi connectivity index (χ3v) is 4.21. The van der Waals surface area contributed by atoms with E-state index in [0.29, 0.717) is 34.2 Å². The quantitative estimate of drug-likeness (QED) is 0.376. The Hall–Kier alpha value is -4.21. The number of benzene rings is 2. The fourth-order valence-corrected chi connectivity index (χ4v) is 2.76. The van der Waals surface area contributed by atoms with Crippen LogP contribution in [0.1, 0.15) is 12.0 Å². The van der Waals surface area contributed by atoms with Gasteiger partial charge in [-0.1, -0.05) is 0 Å². The predicted molar refractivity (Wildman–Crippen MR) is 118 cm³/mol. The number of carboxylic acids is 1. The maximum absolute atomic E-state index is 12.4. The van der Waals surface area contributed by atoms with Crippen LogP contribution in [0.4, 0.5) is 11.4 Å². The number of ether oxygens (including phenoxy) is 4. The first-order chi connectivity index (χ1) is 15.3. The lowest BCUT2D eigenvalue weighted by atomic mass is 10.1. The number of hydrogen-bond acceptors (Lipinski definition) is 7. The number of anilines is 2. The molecule has 0 fully saturated rings. The zero-order chi connectivity index (χ0) is 23.7. The summed E-state index contributed by atoms with van der Waals surface area (Å²) in [6.45, 7) is 0. The van der Waals surface area contributed by atoms with Crippen LogP contribution >= 0.6 is 0 Å². The van der Waals surface area contributed by atoms with Gasteiger partial charge in [-0.25, -0.2) is 0 Å². The molecule has 10 nitrogen and oxygen atoms in total. The second-order valence-corrected chi connectivity index (χ2v) is 6.30. The van der Waals surface area contributed by atoms with Crippen molar-refractivity contribution in [2.45, 2.75) is 6.42 Å². The van der Waals surface area contributed by atoms with Crippen LogP contribution in [0.15, 0.2) is 36.4 Å². The molecule has 10 heteroatoms. The predicted octanol–water partition coefficient (Wildman–Crippen LogP) is 2.79. The lowest BCUT2D eigenvalue weighted by Crippen LogP contribution is -2.17. The highest BCUT2D eigenvalue weighted by Gasteiger charge is 2.13. The van der Waals surface area contributed by atoms with Gasteiger partial charge in [-0.15, -0.1) is 0 Å². The molecule has 0 aliphatic heterocycles. The van der Waals surface area contributed by atoms with Crippen molar-refractivity contribution in [3.63, 3.8) is 0 Å². The Morgan fingerprint density at radius 1 is 0.875 bits per heavy atom. The fraction of sp³-hybridized carbons (Fsp3) is 0.227. The van der Waals surface area contributed by atoms with Gasteiger partial charge < -0.3 is 34.7 Å². The average Bonchev–Trinajstić information content (AvgIpc) is 2.76.